The second kappa shape index (κ2) is 6.57. The van der Waals surface area contributed by atoms with E-state index in [4.69, 9.17) is 4.74 Å². The van der Waals surface area contributed by atoms with E-state index in [-0.39, 0.29) is 29.4 Å². The van der Waals surface area contributed by atoms with Crippen LogP contribution in [0.4, 0.5) is 0 Å². The Morgan fingerprint density at radius 2 is 1.90 bits per heavy atom. The highest BCUT2D eigenvalue weighted by molar-refractivity contribution is 6.01. The summed E-state index contributed by atoms with van der Waals surface area (Å²) in [5, 5.41) is 0. The van der Waals surface area contributed by atoms with Crippen LogP contribution < -0.4 is 4.74 Å². The third-order valence-electron chi connectivity index (χ3n) is 7.42. The molecule has 2 aliphatic carbocycles. The SMILES string of the molecule is CC(=O)N1CCCN(C(=O)[C@@H]2[C@@H]3CC[C@@]4(CC(=O)c5cc(C)ccc5O4)[C@H]32)CC1. The van der Waals surface area contributed by atoms with Crippen LogP contribution in [-0.2, 0) is 9.59 Å². The molecule has 0 N–H and O–H groups in total. The van der Waals surface area contributed by atoms with Crippen molar-refractivity contribution in [3.05, 3.63) is 29.3 Å². The maximum atomic E-state index is 13.3. The number of nitrogens with zero attached hydrogens (tertiary/aromatic N) is 2. The Balaban J connectivity index is 1.32. The third kappa shape index (κ3) is 2.95. The van der Waals surface area contributed by atoms with E-state index in [0.717, 1.165) is 24.8 Å². The van der Waals surface area contributed by atoms with Crippen molar-refractivity contribution in [3.8, 4) is 5.75 Å². The summed E-state index contributed by atoms with van der Waals surface area (Å²) >= 11 is 0. The van der Waals surface area contributed by atoms with Crippen molar-refractivity contribution >= 4 is 17.6 Å². The molecule has 4 atom stereocenters. The molecule has 1 saturated heterocycles. The molecule has 1 spiro atoms. The molecule has 0 radical (unpaired) electrons. The van der Waals surface area contributed by atoms with Gasteiger partial charge in [-0.3, -0.25) is 14.4 Å². The molecule has 0 unspecified atom stereocenters. The number of carbonyl (C=O) groups is 3. The minimum atomic E-state index is -0.512. The van der Waals surface area contributed by atoms with Crippen LogP contribution in [0.3, 0.4) is 0 Å². The van der Waals surface area contributed by atoms with E-state index in [1.807, 2.05) is 34.9 Å². The number of amides is 2. The number of hydrogen-bond acceptors (Lipinski definition) is 4. The molecular formula is C23H28N2O4. The van der Waals surface area contributed by atoms with Crippen molar-refractivity contribution in [3.63, 3.8) is 0 Å². The van der Waals surface area contributed by atoms with Crippen LogP contribution >= 0.6 is 0 Å². The van der Waals surface area contributed by atoms with E-state index in [1.165, 1.54) is 0 Å². The smallest absolute Gasteiger partial charge is 0.226 e. The van der Waals surface area contributed by atoms with Crippen LogP contribution in [0, 0.1) is 24.7 Å². The van der Waals surface area contributed by atoms with Gasteiger partial charge in [0.1, 0.15) is 11.4 Å². The van der Waals surface area contributed by atoms with Crippen molar-refractivity contribution in [2.75, 3.05) is 26.2 Å². The van der Waals surface area contributed by atoms with Gasteiger partial charge >= 0.3 is 0 Å². The lowest BCUT2D eigenvalue weighted by molar-refractivity contribution is -0.135. The fourth-order valence-electron chi connectivity index (χ4n) is 5.93. The number of fused-ring (bicyclic) bond motifs is 3. The van der Waals surface area contributed by atoms with Gasteiger partial charge in [-0.05, 0) is 44.2 Å². The van der Waals surface area contributed by atoms with Gasteiger partial charge in [0.05, 0.1) is 12.0 Å². The maximum absolute atomic E-state index is 13.3. The fraction of sp³-hybridized carbons (Fsp3) is 0.609. The second-order valence-electron chi connectivity index (χ2n) is 9.21. The summed E-state index contributed by atoms with van der Waals surface area (Å²) in [6, 6.07) is 5.79. The zero-order chi connectivity index (χ0) is 20.3. The summed E-state index contributed by atoms with van der Waals surface area (Å²) < 4.78 is 6.46. The average molecular weight is 396 g/mol. The van der Waals surface area contributed by atoms with Gasteiger partial charge in [0, 0.05) is 44.9 Å². The zero-order valence-corrected chi connectivity index (χ0v) is 17.1. The first-order valence-electron chi connectivity index (χ1n) is 10.8. The number of rotatable bonds is 1. The van der Waals surface area contributed by atoms with E-state index >= 15 is 0 Å². The van der Waals surface area contributed by atoms with Crippen LogP contribution in [0.2, 0.25) is 0 Å². The summed E-state index contributed by atoms with van der Waals surface area (Å²) in [7, 11) is 0. The largest absolute Gasteiger partial charge is 0.486 e. The van der Waals surface area contributed by atoms with Gasteiger partial charge in [0.2, 0.25) is 11.8 Å². The first-order valence-corrected chi connectivity index (χ1v) is 10.8. The third-order valence-corrected chi connectivity index (χ3v) is 7.42. The van der Waals surface area contributed by atoms with E-state index in [2.05, 4.69) is 0 Å². The Labute approximate surface area is 171 Å². The van der Waals surface area contributed by atoms with E-state index in [9.17, 15) is 14.4 Å². The normalized spacial score (nSPS) is 33.0. The molecule has 1 aromatic rings. The van der Waals surface area contributed by atoms with Gasteiger partial charge in [0.25, 0.3) is 0 Å². The Morgan fingerprint density at radius 1 is 1.14 bits per heavy atom. The molecule has 2 heterocycles. The number of benzene rings is 1. The van der Waals surface area contributed by atoms with Crippen molar-refractivity contribution in [1.29, 1.82) is 0 Å². The Kier molecular flexibility index (Phi) is 4.23. The first-order chi connectivity index (χ1) is 13.9. The predicted molar refractivity (Wildman–Crippen MR) is 107 cm³/mol. The number of carbonyl (C=O) groups excluding carboxylic acids is 3. The molecule has 2 aliphatic heterocycles. The number of ketones is 1. The molecule has 0 bridgehead atoms. The lowest BCUT2D eigenvalue weighted by atomic mass is 9.84. The standard InChI is InChI=1S/C23H28N2O4/c1-14-4-5-19-17(12-14)18(27)13-23(29-19)7-6-16-20(21(16)23)22(28)25-9-3-8-24(10-11-25)15(2)26/h4-5,12,16,20-21H,3,6-11,13H2,1-2H3/t16-,20+,21+,23+/m0/s1. The molecule has 6 nitrogen and oxygen atoms in total. The maximum Gasteiger partial charge on any atom is 0.226 e. The van der Waals surface area contributed by atoms with Crippen molar-refractivity contribution in [1.82, 2.24) is 9.80 Å². The first kappa shape index (κ1) is 18.6. The highest BCUT2D eigenvalue weighted by Gasteiger charge is 2.71. The number of Topliss-reactive ketones (excluding diaryl/α,β-unsaturated/α-hetero) is 1. The number of ether oxygens (including phenoxy) is 1. The Morgan fingerprint density at radius 3 is 2.69 bits per heavy atom. The summed E-state index contributed by atoms with van der Waals surface area (Å²) in [4.78, 5) is 41.6. The molecule has 2 amide bonds. The highest BCUT2D eigenvalue weighted by Crippen LogP contribution is 2.66. The molecule has 5 rings (SSSR count). The summed E-state index contributed by atoms with van der Waals surface area (Å²) in [6.45, 7) is 6.19. The fourth-order valence-corrected chi connectivity index (χ4v) is 5.93. The topological polar surface area (TPSA) is 66.9 Å². The summed E-state index contributed by atoms with van der Waals surface area (Å²) in [5.41, 5.74) is 1.22. The molecule has 3 fully saturated rings. The van der Waals surface area contributed by atoms with Gasteiger partial charge in [0.15, 0.2) is 5.78 Å². The van der Waals surface area contributed by atoms with Crippen LogP contribution in [0.1, 0.15) is 48.5 Å². The van der Waals surface area contributed by atoms with Gasteiger partial charge in [-0.2, -0.15) is 0 Å². The van der Waals surface area contributed by atoms with Crippen molar-refractivity contribution < 1.29 is 19.1 Å². The molecule has 154 valence electrons. The second-order valence-corrected chi connectivity index (χ2v) is 9.21. The zero-order valence-electron chi connectivity index (χ0n) is 17.1. The van der Waals surface area contributed by atoms with E-state index < -0.39 is 5.60 Å². The van der Waals surface area contributed by atoms with Crippen LogP contribution in [0.25, 0.3) is 0 Å². The van der Waals surface area contributed by atoms with Gasteiger partial charge in [-0.1, -0.05) is 11.6 Å². The monoisotopic (exact) mass is 396 g/mol. The van der Waals surface area contributed by atoms with Crippen molar-refractivity contribution in [2.45, 2.75) is 45.1 Å². The van der Waals surface area contributed by atoms with E-state index in [0.29, 0.717) is 49.8 Å². The van der Waals surface area contributed by atoms with Gasteiger partial charge in [-0.15, -0.1) is 0 Å². The average Bonchev–Trinajstić information content (AvgIpc) is 3.39. The predicted octanol–water partition coefficient (Wildman–Crippen LogP) is 2.44. The quantitative estimate of drug-likeness (QED) is 0.731. The summed E-state index contributed by atoms with van der Waals surface area (Å²) in [6.07, 6.45) is 3.00. The molecule has 1 aromatic carbocycles. The van der Waals surface area contributed by atoms with Gasteiger partial charge < -0.3 is 14.5 Å². The lowest BCUT2D eigenvalue weighted by Crippen LogP contribution is -2.45. The molecule has 2 saturated carbocycles. The molecule has 4 aliphatic rings. The van der Waals surface area contributed by atoms with Crippen LogP contribution in [0.15, 0.2) is 18.2 Å². The number of hydrogen-bond donors (Lipinski definition) is 0. The summed E-state index contributed by atoms with van der Waals surface area (Å²) in [5.74, 6) is 1.51. The molecule has 6 heteroatoms. The minimum Gasteiger partial charge on any atom is -0.486 e. The van der Waals surface area contributed by atoms with Gasteiger partial charge in [-0.25, -0.2) is 0 Å². The number of aryl methyl sites for hydroxylation is 1. The molecular weight excluding hydrogens is 368 g/mol. The lowest BCUT2D eigenvalue weighted by Gasteiger charge is -2.37. The molecule has 0 aromatic heterocycles. The van der Waals surface area contributed by atoms with E-state index in [1.54, 1.807) is 6.92 Å². The minimum absolute atomic E-state index is 0.0348. The Hall–Kier alpha value is -2.37. The Bertz CT molecular complexity index is 897. The highest BCUT2D eigenvalue weighted by atomic mass is 16.5. The van der Waals surface area contributed by atoms with Crippen molar-refractivity contribution in [2.24, 2.45) is 17.8 Å². The van der Waals surface area contributed by atoms with Crippen LogP contribution in [0.5, 0.6) is 5.75 Å². The van der Waals surface area contributed by atoms with Crippen LogP contribution in [-0.4, -0.2) is 59.2 Å². The molecule has 29 heavy (non-hydrogen) atoms.